The summed E-state index contributed by atoms with van der Waals surface area (Å²) < 4.78 is 5.23. The molecule has 0 aliphatic heterocycles. The number of rotatable bonds is 6. The van der Waals surface area contributed by atoms with E-state index in [-0.39, 0.29) is 5.75 Å². The second-order valence-corrected chi connectivity index (χ2v) is 6.09. The molecule has 2 rings (SSSR count). The third kappa shape index (κ3) is 4.35. The lowest BCUT2D eigenvalue weighted by molar-refractivity contribution is -0.307. The highest BCUT2D eigenvalue weighted by molar-refractivity contribution is 7.99. The Morgan fingerprint density at radius 1 is 1.39 bits per heavy atom. The summed E-state index contributed by atoms with van der Waals surface area (Å²) in [4.78, 5) is 27.5. The molecule has 1 N–H and O–H groups in total. The van der Waals surface area contributed by atoms with Gasteiger partial charge in [0.15, 0.2) is 0 Å². The van der Waals surface area contributed by atoms with Crippen LogP contribution in [-0.4, -0.2) is 35.8 Å². The van der Waals surface area contributed by atoms with Crippen molar-refractivity contribution >= 4 is 34.5 Å². The van der Waals surface area contributed by atoms with Gasteiger partial charge in [0.1, 0.15) is 5.75 Å². The fourth-order valence-corrected chi connectivity index (χ4v) is 3.27. The van der Waals surface area contributed by atoms with Crippen molar-refractivity contribution in [1.29, 1.82) is 0 Å². The fourth-order valence-electron chi connectivity index (χ4n) is 2.13. The summed E-state index contributed by atoms with van der Waals surface area (Å²) in [6, 6.07) is 6.37. The first-order valence-electron chi connectivity index (χ1n) is 6.97. The molecule has 1 amide bonds. The number of nitrogens with one attached hydrogen (secondary N) is 1. The predicted octanol–water partition coefficient (Wildman–Crippen LogP) is 0.899. The van der Waals surface area contributed by atoms with E-state index < -0.39 is 17.9 Å². The zero-order chi connectivity index (χ0) is 17.0. The van der Waals surface area contributed by atoms with Gasteiger partial charge in [0.05, 0.1) is 24.6 Å². The van der Waals surface area contributed by atoms with Crippen LogP contribution in [0.4, 0.5) is 0 Å². The van der Waals surface area contributed by atoms with Gasteiger partial charge >= 0.3 is 0 Å². The molecule has 122 valence electrons. The molecule has 0 saturated heterocycles. The zero-order valence-corrected chi connectivity index (χ0v) is 13.9. The van der Waals surface area contributed by atoms with Crippen LogP contribution < -0.4 is 15.2 Å². The summed E-state index contributed by atoms with van der Waals surface area (Å²) in [5.74, 6) is -0.849. The van der Waals surface area contributed by atoms with Crippen molar-refractivity contribution in [2.45, 2.75) is 24.8 Å². The molecule has 0 bridgehead atoms. The first-order valence-corrected chi connectivity index (χ1v) is 7.95. The maximum Gasteiger partial charge on any atom is 0.217 e. The number of benzene rings is 1. The van der Waals surface area contributed by atoms with Crippen molar-refractivity contribution < 1.29 is 19.4 Å². The Hall–Kier alpha value is -2.28. The largest absolute Gasteiger partial charge is 0.548 e. The van der Waals surface area contributed by atoms with Gasteiger partial charge in [-0.1, -0.05) is 0 Å². The lowest BCUT2D eigenvalue weighted by atomic mass is 10.2. The number of pyridine rings is 1. The number of amides is 1. The molecule has 0 radical (unpaired) electrons. The van der Waals surface area contributed by atoms with E-state index in [1.54, 1.807) is 7.11 Å². The second-order valence-electron chi connectivity index (χ2n) is 5.03. The van der Waals surface area contributed by atoms with Crippen LogP contribution >= 0.6 is 11.8 Å². The molecule has 0 unspecified atom stereocenters. The maximum absolute atomic E-state index is 11.1. The maximum atomic E-state index is 11.1. The van der Waals surface area contributed by atoms with Crippen LogP contribution in [0.3, 0.4) is 0 Å². The van der Waals surface area contributed by atoms with Crippen LogP contribution in [0.2, 0.25) is 0 Å². The molecular weight excluding hydrogens is 316 g/mol. The number of thioether (sulfide) groups is 1. The molecule has 1 aromatic heterocycles. The smallest absolute Gasteiger partial charge is 0.217 e. The van der Waals surface area contributed by atoms with Crippen molar-refractivity contribution in [3.63, 3.8) is 0 Å². The number of methoxy groups -OCH3 is 1. The van der Waals surface area contributed by atoms with E-state index in [2.05, 4.69) is 10.3 Å². The second kappa shape index (κ2) is 7.32. The van der Waals surface area contributed by atoms with Gasteiger partial charge in [-0.15, -0.1) is 11.8 Å². The first kappa shape index (κ1) is 17.1. The van der Waals surface area contributed by atoms with Crippen LogP contribution in [0, 0.1) is 6.92 Å². The third-order valence-corrected chi connectivity index (χ3v) is 4.32. The number of hydrogen-bond donors (Lipinski definition) is 1. The van der Waals surface area contributed by atoms with Crippen molar-refractivity contribution in [2.75, 3.05) is 12.9 Å². The molecule has 2 aromatic rings. The van der Waals surface area contributed by atoms with Crippen LogP contribution in [0.1, 0.15) is 12.6 Å². The van der Waals surface area contributed by atoms with Gasteiger partial charge in [-0.25, -0.2) is 0 Å². The number of nitrogens with zero attached hydrogens (tertiary/aromatic N) is 1. The Kier molecular flexibility index (Phi) is 5.44. The summed E-state index contributed by atoms with van der Waals surface area (Å²) in [7, 11) is 1.58. The van der Waals surface area contributed by atoms with Crippen LogP contribution in [0.5, 0.6) is 5.75 Å². The predicted molar refractivity (Wildman–Crippen MR) is 86.4 cm³/mol. The van der Waals surface area contributed by atoms with Crippen LogP contribution in [-0.2, 0) is 9.59 Å². The molecule has 0 fully saturated rings. The molecule has 0 aliphatic rings. The monoisotopic (exact) mass is 333 g/mol. The first-order chi connectivity index (χ1) is 10.9. The van der Waals surface area contributed by atoms with E-state index >= 15 is 0 Å². The van der Waals surface area contributed by atoms with Gasteiger partial charge in [-0.2, -0.15) is 0 Å². The van der Waals surface area contributed by atoms with Gasteiger partial charge < -0.3 is 20.0 Å². The molecule has 1 aromatic carbocycles. The van der Waals surface area contributed by atoms with E-state index in [1.165, 1.54) is 18.7 Å². The highest BCUT2D eigenvalue weighted by Crippen LogP contribution is 2.30. The highest BCUT2D eigenvalue weighted by Gasteiger charge is 2.14. The standard InChI is InChI=1S/C16H18N2O4S/c1-9-6-15(23-8-14(16(20)21)18-10(2)19)12-7-11(22-3)4-5-13(12)17-9/h4-7,14H,8H2,1-3H3,(H,18,19)(H,20,21)/p-1/t14-/m0/s1. The van der Waals surface area contributed by atoms with Crippen LogP contribution in [0.15, 0.2) is 29.2 Å². The molecule has 1 atom stereocenters. The van der Waals surface area contributed by atoms with Gasteiger partial charge in [-0.3, -0.25) is 9.78 Å². The Balaban J connectivity index is 2.30. The van der Waals surface area contributed by atoms with E-state index in [1.807, 2.05) is 31.2 Å². The van der Waals surface area contributed by atoms with Gasteiger partial charge in [0.2, 0.25) is 5.91 Å². The molecule has 6 nitrogen and oxygen atoms in total. The molecular formula is C16H17N2O4S-. The number of aliphatic carboxylic acids is 1. The summed E-state index contributed by atoms with van der Waals surface area (Å²) in [5, 5.41) is 14.4. The van der Waals surface area contributed by atoms with E-state index in [0.29, 0.717) is 5.75 Å². The van der Waals surface area contributed by atoms with Crippen LogP contribution in [0.25, 0.3) is 10.9 Å². The number of carbonyl (C=O) groups is 2. The number of aromatic nitrogens is 1. The Morgan fingerprint density at radius 3 is 2.74 bits per heavy atom. The Bertz CT molecular complexity index is 748. The number of ether oxygens (including phenoxy) is 1. The SMILES string of the molecule is COc1ccc2nc(C)cc(SC[C@H](NC(C)=O)C(=O)[O-])c2c1. The number of carbonyl (C=O) groups excluding carboxylic acids is 2. The normalized spacial score (nSPS) is 12.0. The zero-order valence-electron chi connectivity index (χ0n) is 13.1. The van der Waals surface area contributed by atoms with E-state index in [9.17, 15) is 14.7 Å². The number of carboxylic acid groups (broad SMARTS) is 1. The minimum Gasteiger partial charge on any atom is -0.548 e. The lowest BCUT2D eigenvalue weighted by Gasteiger charge is -2.19. The van der Waals surface area contributed by atoms with Gasteiger partial charge in [-0.05, 0) is 31.2 Å². The minimum absolute atomic E-state index is 0.164. The Morgan fingerprint density at radius 2 is 2.13 bits per heavy atom. The molecule has 0 aliphatic carbocycles. The van der Waals surface area contributed by atoms with Crippen molar-refractivity contribution in [1.82, 2.24) is 10.3 Å². The third-order valence-electron chi connectivity index (χ3n) is 3.17. The van der Waals surface area contributed by atoms with Gasteiger partial charge in [0.25, 0.3) is 0 Å². The van der Waals surface area contributed by atoms with E-state index in [0.717, 1.165) is 21.5 Å². The van der Waals surface area contributed by atoms with Crippen molar-refractivity contribution in [3.8, 4) is 5.75 Å². The highest BCUT2D eigenvalue weighted by atomic mass is 32.2. The summed E-state index contributed by atoms with van der Waals surface area (Å²) in [5.41, 5.74) is 1.63. The fraction of sp³-hybridized carbons (Fsp3) is 0.312. The number of fused-ring (bicyclic) bond motifs is 1. The number of carboxylic acids is 1. The van der Waals surface area contributed by atoms with Gasteiger partial charge in [0, 0.05) is 28.7 Å². The van der Waals surface area contributed by atoms with Crippen molar-refractivity contribution in [3.05, 3.63) is 30.0 Å². The number of aryl methyl sites for hydroxylation is 1. The topological polar surface area (TPSA) is 91.3 Å². The quantitative estimate of drug-likeness (QED) is 0.790. The summed E-state index contributed by atoms with van der Waals surface area (Å²) in [6.07, 6.45) is 0. The molecule has 7 heteroatoms. The van der Waals surface area contributed by atoms with E-state index in [4.69, 9.17) is 4.74 Å². The summed E-state index contributed by atoms with van der Waals surface area (Å²) >= 11 is 1.33. The Labute approximate surface area is 138 Å². The number of hydrogen-bond acceptors (Lipinski definition) is 6. The molecule has 1 heterocycles. The summed E-state index contributed by atoms with van der Waals surface area (Å²) in [6.45, 7) is 3.15. The molecule has 23 heavy (non-hydrogen) atoms. The minimum atomic E-state index is -1.31. The lowest BCUT2D eigenvalue weighted by Crippen LogP contribution is -2.48. The van der Waals surface area contributed by atoms with Crippen molar-refractivity contribution in [2.24, 2.45) is 0 Å². The average Bonchev–Trinajstić information content (AvgIpc) is 2.50. The molecule has 0 spiro atoms. The average molecular weight is 333 g/mol. The molecule has 0 saturated carbocycles.